The van der Waals surface area contributed by atoms with Crippen LogP contribution in [0.1, 0.15) is 17.5 Å². The van der Waals surface area contributed by atoms with Gasteiger partial charge in [-0.1, -0.05) is 6.07 Å². The zero-order chi connectivity index (χ0) is 19.6. The second-order valence-corrected chi connectivity index (χ2v) is 6.73. The van der Waals surface area contributed by atoms with Gasteiger partial charge in [-0.25, -0.2) is 0 Å². The minimum Gasteiger partial charge on any atom is -0.493 e. The van der Waals surface area contributed by atoms with E-state index in [1.165, 1.54) is 5.56 Å². The molecule has 0 aromatic heterocycles. The molecule has 2 aromatic rings. The lowest BCUT2D eigenvalue weighted by molar-refractivity contribution is -0.122. The molecule has 6 nitrogen and oxygen atoms in total. The minimum atomic E-state index is -0.396. The SMILES string of the molecule is COc1ccc(N2CC(C(=O)Nc3ccc(C)c(C)c3)CC2=O)cc1OC. The smallest absolute Gasteiger partial charge is 0.229 e. The van der Waals surface area contributed by atoms with E-state index in [1.807, 2.05) is 32.0 Å². The van der Waals surface area contributed by atoms with Gasteiger partial charge in [0.05, 0.1) is 20.1 Å². The number of anilines is 2. The number of nitrogens with one attached hydrogen (secondary N) is 1. The van der Waals surface area contributed by atoms with Crippen molar-refractivity contribution in [2.45, 2.75) is 20.3 Å². The van der Waals surface area contributed by atoms with Gasteiger partial charge in [0.15, 0.2) is 11.5 Å². The molecule has 0 bridgehead atoms. The fourth-order valence-electron chi connectivity index (χ4n) is 3.19. The van der Waals surface area contributed by atoms with Crippen LogP contribution in [0.25, 0.3) is 0 Å². The molecule has 0 radical (unpaired) electrons. The van der Waals surface area contributed by atoms with Crippen molar-refractivity contribution in [2.24, 2.45) is 5.92 Å². The van der Waals surface area contributed by atoms with Gasteiger partial charge in [-0.2, -0.15) is 0 Å². The number of methoxy groups -OCH3 is 2. The van der Waals surface area contributed by atoms with Crippen LogP contribution in [-0.2, 0) is 9.59 Å². The Hall–Kier alpha value is -3.02. The molecule has 2 amide bonds. The normalized spacial score (nSPS) is 16.4. The molecule has 0 aliphatic carbocycles. The molecular weight excluding hydrogens is 344 g/mol. The summed E-state index contributed by atoms with van der Waals surface area (Å²) in [7, 11) is 3.11. The van der Waals surface area contributed by atoms with Crippen LogP contribution in [0.3, 0.4) is 0 Å². The molecule has 1 atom stereocenters. The van der Waals surface area contributed by atoms with Crippen LogP contribution in [0, 0.1) is 19.8 Å². The topological polar surface area (TPSA) is 67.9 Å². The van der Waals surface area contributed by atoms with Crippen LogP contribution in [0.15, 0.2) is 36.4 Å². The van der Waals surface area contributed by atoms with E-state index in [1.54, 1.807) is 37.3 Å². The Morgan fingerprint density at radius 1 is 1.04 bits per heavy atom. The predicted octanol–water partition coefficient (Wildman–Crippen LogP) is 3.31. The standard InChI is InChI=1S/C21H24N2O4/c1-13-5-6-16(9-14(13)2)22-21(25)15-10-20(24)23(12-15)17-7-8-18(26-3)19(11-17)27-4/h5-9,11,15H,10,12H2,1-4H3,(H,22,25). The highest BCUT2D eigenvalue weighted by Crippen LogP contribution is 2.34. The molecule has 0 saturated carbocycles. The van der Waals surface area contributed by atoms with Crippen LogP contribution < -0.4 is 19.7 Å². The lowest BCUT2D eigenvalue weighted by Crippen LogP contribution is -2.28. The molecule has 1 aliphatic rings. The molecule has 3 rings (SSSR count). The van der Waals surface area contributed by atoms with Crippen LogP contribution in [0.2, 0.25) is 0 Å². The summed E-state index contributed by atoms with van der Waals surface area (Å²) in [6.07, 6.45) is 0.186. The van der Waals surface area contributed by atoms with Gasteiger partial charge in [-0.3, -0.25) is 9.59 Å². The highest BCUT2D eigenvalue weighted by Gasteiger charge is 2.35. The average molecular weight is 368 g/mol. The molecule has 2 aromatic carbocycles. The number of ether oxygens (including phenoxy) is 2. The first-order valence-electron chi connectivity index (χ1n) is 8.83. The second-order valence-electron chi connectivity index (χ2n) is 6.73. The van der Waals surface area contributed by atoms with E-state index in [0.29, 0.717) is 23.7 Å². The van der Waals surface area contributed by atoms with Gasteiger partial charge in [0, 0.05) is 30.4 Å². The predicted molar refractivity (Wildman–Crippen MR) is 105 cm³/mol. The van der Waals surface area contributed by atoms with E-state index in [4.69, 9.17) is 9.47 Å². The van der Waals surface area contributed by atoms with E-state index in [0.717, 1.165) is 11.3 Å². The molecule has 1 N–H and O–H groups in total. The summed E-state index contributed by atoms with van der Waals surface area (Å²) in [5.74, 6) is 0.520. The lowest BCUT2D eigenvalue weighted by atomic mass is 10.1. The summed E-state index contributed by atoms with van der Waals surface area (Å²) in [6.45, 7) is 4.37. The third-order valence-electron chi connectivity index (χ3n) is 4.95. The maximum atomic E-state index is 12.6. The summed E-state index contributed by atoms with van der Waals surface area (Å²) in [4.78, 5) is 26.7. The van der Waals surface area contributed by atoms with Crippen molar-refractivity contribution in [3.63, 3.8) is 0 Å². The van der Waals surface area contributed by atoms with Crippen molar-refractivity contribution in [3.05, 3.63) is 47.5 Å². The van der Waals surface area contributed by atoms with Crippen LogP contribution in [0.5, 0.6) is 11.5 Å². The third kappa shape index (κ3) is 3.89. The molecule has 142 valence electrons. The molecule has 1 saturated heterocycles. The fraction of sp³-hybridized carbons (Fsp3) is 0.333. The number of aryl methyl sites for hydroxylation is 2. The summed E-state index contributed by atoms with van der Waals surface area (Å²) in [6, 6.07) is 11.1. The summed E-state index contributed by atoms with van der Waals surface area (Å²) in [5, 5.41) is 2.92. The third-order valence-corrected chi connectivity index (χ3v) is 4.95. The molecule has 1 heterocycles. The van der Waals surface area contributed by atoms with Crippen LogP contribution in [-0.4, -0.2) is 32.6 Å². The molecule has 1 unspecified atom stereocenters. The molecule has 27 heavy (non-hydrogen) atoms. The Balaban J connectivity index is 1.73. The zero-order valence-corrected chi connectivity index (χ0v) is 16.0. The van der Waals surface area contributed by atoms with E-state index < -0.39 is 5.92 Å². The Kier molecular flexibility index (Phi) is 5.35. The number of amides is 2. The van der Waals surface area contributed by atoms with Crippen molar-refractivity contribution in [1.82, 2.24) is 0 Å². The molecular formula is C21H24N2O4. The molecule has 6 heteroatoms. The highest BCUT2D eigenvalue weighted by atomic mass is 16.5. The van der Waals surface area contributed by atoms with Gasteiger partial charge in [-0.15, -0.1) is 0 Å². The van der Waals surface area contributed by atoms with E-state index in [9.17, 15) is 9.59 Å². The Morgan fingerprint density at radius 2 is 1.78 bits per heavy atom. The van der Waals surface area contributed by atoms with Crippen molar-refractivity contribution in [3.8, 4) is 11.5 Å². The van der Waals surface area contributed by atoms with Crippen LogP contribution >= 0.6 is 0 Å². The van der Waals surface area contributed by atoms with Gasteiger partial charge in [0.2, 0.25) is 11.8 Å². The summed E-state index contributed by atoms with van der Waals surface area (Å²) in [5.41, 5.74) is 3.73. The van der Waals surface area contributed by atoms with Gasteiger partial charge < -0.3 is 19.7 Å². The number of nitrogens with zero attached hydrogens (tertiary/aromatic N) is 1. The van der Waals surface area contributed by atoms with E-state index in [-0.39, 0.29) is 18.2 Å². The van der Waals surface area contributed by atoms with Gasteiger partial charge in [0.25, 0.3) is 0 Å². The first kappa shape index (κ1) is 18.8. The minimum absolute atomic E-state index is 0.0811. The van der Waals surface area contributed by atoms with Gasteiger partial charge >= 0.3 is 0 Å². The van der Waals surface area contributed by atoms with Gasteiger partial charge in [0.1, 0.15) is 0 Å². The first-order chi connectivity index (χ1) is 12.9. The number of hydrogen-bond acceptors (Lipinski definition) is 4. The zero-order valence-electron chi connectivity index (χ0n) is 16.0. The average Bonchev–Trinajstić information content (AvgIpc) is 3.06. The quantitative estimate of drug-likeness (QED) is 0.879. The molecule has 1 aliphatic heterocycles. The number of hydrogen-bond donors (Lipinski definition) is 1. The number of rotatable bonds is 5. The number of carbonyl (C=O) groups excluding carboxylic acids is 2. The van der Waals surface area contributed by atoms with Crippen molar-refractivity contribution in [1.29, 1.82) is 0 Å². The van der Waals surface area contributed by atoms with E-state index >= 15 is 0 Å². The number of benzene rings is 2. The molecule has 1 fully saturated rings. The Labute approximate surface area is 159 Å². The lowest BCUT2D eigenvalue weighted by Gasteiger charge is -2.18. The largest absolute Gasteiger partial charge is 0.493 e. The number of carbonyl (C=O) groups is 2. The van der Waals surface area contributed by atoms with Crippen molar-refractivity contribution in [2.75, 3.05) is 31.0 Å². The Morgan fingerprint density at radius 3 is 2.44 bits per heavy atom. The maximum absolute atomic E-state index is 12.6. The van der Waals surface area contributed by atoms with Crippen molar-refractivity contribution < 1.29 is 19.1 Å². The van der Waals surface area contributed by atoms with Crippen LogP contribution in [0.4, 0.5) is 11.4 Å². The summed E-state index contributed by atoms with van der Waals surface area (Å²) < 4.78 is 10.5. The second kappa shape index (κ2) is 7.70. The Bertz CT molecular complexity index is 878. The monoisotopic (exact) mass is 368 g/mol. The van der Waals surface area contributed by atoms with E-state index in [2.05, 4.69) is 5.32 Å². The summed E-state index contributed by atoms with van der Waals surface area (Å²) >= 11 is 0. The molecule has 0 spiro atoms. The maximum Gasteiger partial charge on any atom is 0.229 e. The van der Waals surface area contributed by atoms with Crippen molar-refractivity contribution >= 4 is 23.2 Å². The highest BCUT2D eigenvalue weighted by molar-refractivity contribution is 6.03. The fourth-order valence-corrected chi connectivity index (χ4v) is 3.19. The first-order valence-corrected chi connectivity index (χ1v) is 8.83. The van der Waals surface area contributed by atoms with Gasteiger partial charge in [-0.05, 0) is 49.2 Å².